The zero-order chi connectivity index (χ0) is 12.9. The van der Waals surface area contributed by atoms with E-state index in [9.17, 15) is 4.79 Å². The zero-order valence-electron chi connectivity index (χ0n) is 11.6. The van der Waals surface area contributed by atoms with Crippen molar-refractivity contribution in [3.63, 3.8) is 0 Å². The molecule has 4 nitrogen and oxygen atoms in total. The predicted octanol–water partition coefficient (Wildman–Crippen LogP) is 1.55. The lowest BCUT2D eigenvalue weighted by Gasteiger charge is -2.08. The summed E-state index contributed by atoms with van der Waals surface area (Å²) in [5.41, 5.74) is 0. The van der Waals surface area contributed by atoms with Gasteiger partial charge in [0, 0.05) is 19.8 Å². The second-order valence-corrected chi connectivity index (χ2v) is 4.70. The summed E-state index contributed by atoms with van der Waals surface area (Å²) in [6, 6.07) is 0. The Hall–Kier alpha value is -0.610. The van der Waals surface area contributed by atoms with Gasteiger partial charge < -0.3 is 15.4 Å². The summed E-state index contributed by atoms with van der Waals surface area (Å²) in [5.74, 6) is 0.675. The molecule has 0 saturated carbocycles. The van der Waals surface area contributed by atoms with E-state index in [1.165, 1.54) is 0 Å². The average Bonchev–Trinajstić information content (AvgIpc) is 2.28. The van der Waals surface area contributed by atoms with Crippen molar-refractivity contribution in [3.8, 4) is 0 Å². The van der Waals surface area contributed by atoms with Gasteiger partial charge in [0.2, 0.25) is 5.91 Å². The number of hydrogen-bond donors (Lipinski definition) is 2. The summed E-state index contributed by atoms with van der Waals surface area (Å²) in [6.45, 7) is 10.0. The quantitative estimate of drug-likeness (QED) is 0.542. The predicted molar refractivity (Wildman–Crippen MR) is 71.1 cm³/mol. The molecule has 0 heterocycles. The van der Waals surface area contributed by atoms with Gasteiger partial charge >= 0.3 is 0 Å². The summed E-state index contributed by atoms with van der Waals surface area (Å²) in [6.07, 6.45) is 3.12. The van der Waals surface area contributed by atoms with Gasteiger partial charge in [0.1, 0.15) is 0 Å². The van der Waals surface area contributed by atoms with E-state index in [0.717, 1.165) is 45.6 Å². The smallest absolute Gasteiger partial charge is 0.233 e. The van der Waals surface area contributed by atoms with Gasteiger partial charge in [-0.15, -0.1) is 0 Å². The monoisotopic (exact) mass is 244 g/mol. The average molecular weight is 244 g/mol. The van der Waals surface area contributed by atoms with Crippen LogP contribution in [0, 0.1) is 5.92 Å². The molecule has 0 aliphatic carbocycles. The summed E-state index contributed by atoms with van der Waals surface area (Å²) >= 11 is 0. The van der Waals surface area contributed by atoms with Crippen molar-refractivity contribution >= 4 is 5.91 Å². The SMILES string of the molecule is CCCCNC(=O)CNCCCOCC(C)C. The third-order valence-electron chi connectivity index (χ3n) is 2.23. The van der Waals surface area contributed by atoms with Gasteiger partial charge in [0.25, 0.3) is 0 Å². The molecule has 0 rings (SSSR count). The Bertz CT molecular complexity index is 184. The molecule has 17 heavy (non-hydrogen) atoms. The number of carbonyl (C=O) groups is 1. The van der Waals surface area contributed by atoms with Gasteiger partial charge in [0.05, 0.1) is 6.54 Å². The standard InChI is InChI=1S/C13H28N2O2/c1-4-5-8-15-13(16)10-14-7-6-9-17-11-12(2)3/h12,14H,4-11H2,1-3H3,(H,15,16). The highest BCUT2D eigenvalue weighted by atomic mass is 16.5. The third-order valence-corrected chi connectivity index (χ3v) is 2.23. The number of amides is 1. The Morgan fingerprint density at radius 1 is 1.24 bits per heavy atom. The molecule has 0 saturated heterocycles. The lowest BCUT2D eigenvalue weighted by molar-refractivity contribution is -0.120. The molecule has 0 aromatic rings. The van der Waals surface area contributed by atoms with Crippen molar-refractivity contribution in [1.82, 2.24) is 10.6 Å². The Morgan fingerprint density at radius 3 is 2.65 bits per heavy atom. The van der Waals surface area contributed by atoms with Crippen molar-refractivity contribution < 1.29 is 9.53 Å². The number of carbonyl (C=O) groups excluding carboxylic acids is 1. The highest BCUT2D eigenvalue weighted by Gasteiger charge is 1.99. The Morgan fingerprint density at radius 2 is 2.00 bits per heavy atom. The molecule has 2 N–H and O–H groups in total. The topological polar surface area (TPSA) is 50.4 Å². The van der Waals surface area contributed by atoms with Crippen LogP contribution in [-0.4, -0.2) is 38.8 Å². The molecule has 0 radical (unpaired) electrons. The molecule has 0 unspecified atom stereocenters. The largest absolute Gasteiger partial charge is 0.381 e. The molecule has 0 spiro atoms. The fraction of sp³-hybridized carbons (Fsp3) is 0.923. The first-order valence-corrected chi connectivity index (χ1v) is 6.72. The van der Waals surface area contributed by atoms with Crippen molar-refractivity contribution in [3.05, 3.63) is 0 Å². The first-order chi connectivity index (χ1) is 8.16. The van der Waals surface area contributed by atoms with E-state index in [4.69, 9.17) is 4.74 Å². The first kappa shape index (κ1) is 16.4. The fourth-order valence-electron chi connectivity index (χ4n) is 1.29. The normalized spacial score (nSPS) is 10.8. The maximum Gasteiger partial charge on any atom is 0.233 e. The summed E-state index contributed by atoms with van der Waals surface area (Å²) < 4.78 is 5.44. The van der Waals surface area contributed by atoms with Crippen LogP contribution in [0.1, 0.15) is 40.0 Å². The molecule has 0 aromatic heterocycles. The van der Waals surface area contributed by atoms with Crippen LogP contribution in [0.5, 0.6) is 0 Å². The number of rotatable bonds is 11. The highest BCUT2D eigenvalue weighted by Crippen LogP contribution is 1.92. The number of unbranched alkanes of at least 4 members (excludes halogenated alkanes) is 1. The van der Waals surface area contributed by atoms with Crippen molar-refractivity contribution in [2.45, 2.75) is 40.0 Å². The van der Waals surface area contributed by atoms with E-state index in [-0.39, 0.29) is 5.91 Å². The van der Waals surface area contributed by atoms with Gasteiger partial charge in [-0.25, -0.2) is 0 Å². The van der Waals surface area contributed by atoms with E-state index in [1.54, 1.807) is 0 Å². The molecular formula is C13H28N2O2. The molecule has 102 valence electrons. The van der Waals surface area contributed by atoms with Gasteiger partial charge in [-0.3, -0.25) is 4.79 Å². The van der Waals surface area contributed by atoms with Gasteiger partial charge in [-0.1, -0.05) is 27.2 Å². The fourth-order valence-corrected chi connectivity index (χ4v) is 1.29. The minimum Gasteiger partial charge on any atom is -0.381 e. The maximum atomic E-state index is 11.3. The van der Waals surface area contributed by atoms with Crippen molar-refractivity contribution in [2.75, 3.05) is 32.8 Å². The second kappa shape index (κ2) is 11.9. The lowest BCUT2D eigenvalue weighted by atomic mass is 10.2. The van der Waals surface area contributed by atoms with Crippen LogP contribution in [0.2, 0.25) is 0 Å². The van der Waals surface area contributed by atoms with Crippen LogP contribution in [-0.2, 0) is 9.53 Å². The zero-order valence-corrected chi connectivity index (χ0v) is 11.6. The Labute approximate surface area is 105 Å². The Balaban J connectivity index is 3.14. The van der Waals surface area contributed by atoms with Gasteiger partial charge in [-0.2, -0.15) is 0 Å². The number of nitrogens with one attached hydrogen (secondary N) is 2. The van der Waals surface area contributed by atoms with Crippen LogP contribution >= 0.6 is 0 Å². The highest BCUT2D eigenvalue weighted by molar-refractivity contribution is 5.77. The molecule has 4 heteroatoms. The molecule has 0 bridgehead atoms. The van der Waals surface area contributed by atoms with Crippen LogP contribution in [0.4, 0.5) is 0 Å². The van der Waals surface area contributed by atoms with Crippen LogP contribution in [0.3, 0.4) is 0 Å². The number of hydrogen-bond acceptors (Lipinski definition) is 3. The third kappa shape index (κ3) is 13.3. The summed E-state index contributed by atoms with van der Waals surface area (Å²) in [5, 5.41) is 5.98. The second-order valence-electron chi connectivity index (χ2n) is 4.70. The van der Waals surface area contributed by atoms with Crippen LogP contribution in [0.25, 0.3) is 0 Å². The maximum absolute atomic E-state index is 11.3. The molecule has 0 aromatic carbocycles. The lowest BCUT2D eigenvalue weighted by Crippen LogP contribution is -2.35. The van der Waals surface area contributed by atoms with Gasteiger partial charge in [-0.05, 0) is 25.3 Å². The van der Waals surface area contributed by atoms with Gasteiger partial charge in [0.15, 0.2) is 0 Å². The van der Waals surface area contributed by atoms with E-state index in [1.807, 2.05) is 0 Å². The van der Waals surface area contributed by atoms with Crippen LogP contribution < -0.4 is 10.6 Å². The summed E-state index contributed by atoms with van der Waals surface area (Å²) in [7, 11) is 0. The Kier molecular flexibility index (Phi) is 11.4. The molecule has 1 amide bonds. The van der Waals surface area contributed by atoms with Crippen LogP contribution in [0.15, 0.2) is 0 Å². The minimum atomic E-state index is 0.0848. The molecule has 0 aliphatic rings. The first-order valence-electron chi connectivity index (χ1n) is 6.72. The van der Waals surface area contributed by atoms with Crippen molar-refractivity contribution in [1.29, 1.82) is 0 Å². The molecule has 0 fully saturated rings. The minimum absolute atomic E-state index is 0.0848. The number of ether oxygens (including phenoxy) is 1. The molecular weight excluding hydrogens is 216 g/mol. The van der Waals surface area contributed by atoms with E-state index in [0.29, 0.717) is 12.5 Å². The van der Waals surface area contributed by atoms with E-state index < -0.39 is 0 Å². The molecule has 0 atom stereocenters. The summed E-state index contributed by atoms with van der Waals surface area (Å²) in [4.78, 5) is 11.3. The van der Waals surface area contributed by atoms with Crippen molar-refractivity contribution in [2.24, 2.45) is 5.92 Å². The molecule has 0 aliphatic heterocycles. The van der Waals surface area contributed by atoms with E-state index in [2.05, 4.69) is 31.4 Å². The van der Waals surface area contributed by atoms with E-state index >= 15 is 0 Å².